The van der Waals surface area contributed by atoms with Crippen LogP contribution in [0.2, 0.25) is 0 Å². The molecule has 1 amide bonds. The molecule has 0 aromatic carbocycles. The number of hydrogen-bond acceptors (Lipinski definition) is 5. The molecule has 1 fully saturated rings. The second-order valence-corrected chi connectivity index (χ2v) is 5.62. The van der Waals surface area contributed by atoms with Gasteiger partial charge in [0.05, 0.1) is 4.92 Å². The molecule has 1 aliphatic rings. The fraction of sp³-hybridized carbons (Fsp3) is 0.571. The highest BCUT2D eigenvalue weighted by molar-refractivity contribution is 5.98. The number of nitrogens with one attached hydrogen (secondary N) is 1. The smallest absolute Gasteiger partial charge is 0.300 e. The van der Waals surface area contributed by atoms with Crippen molar-refractivity contribution in [1.29, 1.82) is 0 Å². The van der Waals surface area contributed by atoms with Gasteiger partial charge in [0.15, 0.2) is 0 Å². The first-order valence-electron chi connectivity index (χ1n) is 7.17. The van der Waals surface area contributed by atoms with Crippen LogP contribution in [0.5, 0.6) is 0 Å². The SMILES string of the molecule is CC1CCCCC1CNC(=O)c1cc(N)ncc1[N+](=O)[O-]. The Kier molecular flexibility index (Phi) is 4.72. The maximum absolute atomic E-state index is 12.2. The Balaban J connectivity index is 2.06. The molecule has 0 aliphatic heterocycles. The van der Waals surface area contributed by atoms with E-state index in [-0.39, 0.29) is 17.1 Å². The van der Waals surface area contributed by atoms with Crippen molar-refractivity contribution in [3.05, 3.63) is 27.9 Å². The second kappa shape index (κ2) is 6.51. The Hall–Kier alpha value is -2.18. The molecule has 0 bridgehead atoms. The Morgan fingerprint density at radius 1 is 1.52 bits per heavy atom. The van der Waals surface area contributed by atoms with E-state index >= 15 is 0 Å². The lowest BCUT2D eigenvalue weighted by molar-refractivity contribution is -0.385. The number of nitro groups is 1. The van der Waals surface area contributed by atoms with Gasteiger partial charge in [-0.3, -0.25) is 14.9 Å². The van der Waals surface area contributed by atoms with E-state index in [9.17, 15) is 14.9 Å². The normalized spacial score (nSPS) is 21.8. The Morgan fingerprint density at radius 3 is 2.90 bits per heavy atom. The van der Waals surface area contributed by atoms with E-state index in [1.807, 2.05) is 0 Å². The zero-order valence-electron chi connectivity index (χ0n) is 12.0. The molecule has 2 rings (SSSR count). The van der Waals surface area contributed by atoms with Gasteiger partial charge < -0.3 is 11.1 Å². The fourth-order valence-corrected chi connectivity index (χ4v) is 2.81. The molecule has 3 N–H and O–H groups in total. The number of carbonyl (C=O) groups excluding carboxylic acids is 1. The second-order valence-electron chi connectivity index (χ2n) is 5.62. The molecule has 2 atom stereocenters. The van der Waals surface area contributed by atoms with Gasteiger partial charge in [-0.25, -0.2) is 4.98 Å². The van der Waals surface area contributed by atoms with Crippen molar-refractivity contribution in [2.45, 2.75) is 32.6 Å². The highest BCUT2D eigenvalue weighted by Crippen LogP contribution is 2.29. The summed E-state index contributed by atoms with van der Waals surface area (Å²) in [5.74, 6) is 0.628. The number of hydrogen-bond donors (Lipinski definition) is 2. The maximum Gasteiger partial charge on any atom is 0.300 e. The molecule has 114 valence electrons. The molecule has 21 heavy (non-hydrogen) atoms. The van der Waals surface area contributed by atoms with E-state index < -0.39 is 10.8 Å². The summed E-state index contributed by atoms with van der Waals surface area (Å²) in [6.07, 6.45) is 5.68. The van der Waals surface area contributed by atoms with Crippen molar-refractivity contribution in [2.75, 3.05) is 12.3 Å². The Morgan fingerprint density at radius 2 is 2.24 bits per heavy atom. The largest absolute Gasteiger partial charge is 0.384 e. The van der Waals surface area contributed by atoms with E-state index in [4.69, 9.17) is 5.73 Å². The number of nitrogens with two attached hydrogens (primary N) is 1. The first kappa shape index (κ1) is 15.2. The number of carbonyl (C=O) groups is 1. The summed E-state index contributed by atoms with van der Waals surface area (Å²) in [4.78, 5) is 26.2. The highest BCUT2D eigenvalue weighted by Gasteiger charge is 2.24. The van der Waals surface area contributed by atoms with Gasteiger partial charge in [-0.15, -0.1) is 0 Å². The highest BCUT2D eigenvalue weighted by atomic mass is 16.6. The molecule has 1 aromatic rings. The first-order chi connectivity index (χ1) is 9.99. The molecular weight excluding hydrogens is 272 g/mol. The number of rotatable bonds is 4. The Bertz CT molecular complexity index is 547. The third-order valence-corrected chi connectivity index (χ3v) is 4.16. The third kappa shape index (κ3) is 3.68. The van der Waals surface area contributed by atoms with Gasteiger partial charge in [-0.05, 0) is 24.3 Å². The number of pyridine rings is 1. The number of amides is 1. The first-order valence-corrected chi connectivity index (χ1v) is 7.17. The van der Waals surface area contributed by atoms with Crippen molar-refractivity contribution >= 4 is 17.4 Å². The van der Waals surface area contributed by atoms with Crippen molar-refractivity contribution in [2.24, 2.45) is 11.8 Å². The van der Waals surface area contributed by atoms with Crippen LogP contribution in [0.25, 0.3) is 0 Å². The van der Waals surface area contributed by atoms with E-state index in [0.29, 0.717) is 18.4 Å². The molecule has 1 saturated carbocycles. The van der Waals surface area contributed by atoms with Crippen LogP contribution in [0.15, 0.2) is 12.3 Å². The van der Waals surface area contributed by atoms with Gasteiger partial charge in [-0.2, -0.15) is 0 Å². The molecule has 7 heteroatoms. The molecule has 1 aromatic heterocycles. The van der Waals surface area contributed by atoms with Crippen molar-refractivity contribution in [3.63, 3.8) is 0 Å². The number of anilines is 1. The van der Waals surface area contributed by atoms with Crippen LogP contribution in [0.1, 0.15) is 43.0 Å². The number of aromatic nitrogens is 1. The Labute approximate surface area is 123 Å². The van der Waals surface area contributed by atoms with Crippen molar-refractivity contribution in [3.8, 4) is 0 Å². The summed E-state index contributed by atoms with van der Waals surface area (Å²) in [7, 11) is 0. The van der Waals surface area contributed by atoms with Gasteiger partial charge in [0.2, 0.25) is 0 Å². The lowest BCUT2D eigenvalue weighted by Crippen LogP contribution is -2.33. The van der Waals surface area contributed by atoms with Crippen LogP contribution in [-0.4, -0.2) is 22.4 Å². The van der Waals surface area contributed by atoms with E-state index in [0.717, 1.165) is 12.6 Å². The van der Waals surface area contributed by atoms with Crippen molar-refractivity contribution in [1.82, 2.24) is 10.3 Å². The van der Waals surface area contributed by atoms with Crippen molar-refractivity contribution < 1.29 is 9.72 Å². The molecule has 1 heterocycles. The van der Waals surface area contributed by atoms with Crippen LogP contribution in [0.3, 0.4) is 0 Å². The van der Waals surface area contributed by atoms with Gasteiger partial charge in [0.1, 0.15) is 17.6 Å². The summed E-state index contributed by atoms with van der Waals surface area (Å²) in [5.41, 5.74) is 5.16. The molecule has 0 radical (unpaired) electrons. The quantitative estimate of drug-likeness (QED) is 0.652. The van der Waals surface area contributed by atoms with Gasteiger partial charge in [0, 0.05) is 6.54 Å². The third-order valence-electron chi connectivity index (χ3n) is 4.16. The lowest BCUT2D eigenvalue weighted by atomic mass is 9.80. The summed E-state index contributed by atoms with van der Waals surface area (Å²) in [6.45, 7) is 2.72. The average molecular weight is 292 g/mol. The minimum Gasteiger partial charge on any atom is -0.384 e. The van der Waals surface area contributed by atoms with Crippen LogP contribution >= 0.6 is 0 Å². The van der Waals surface area contributed by atoms with Crippen LogP contribution in [0.4, 0.5) is 11.5 Å². The van der Waals surface area contributed by atoms with E-state index in [1.165, 1.54) is 25.3 Å². The minimum atomic E-state index is -0.620. The van der Waals surface area contributed by atoms with E-state index in [1.54, 1.807) is 0 Å². The van der Waals surface area contributed by atoms with Gasteiger partial charge in [-0.1, -0.05) is 26.2 Å². The standard InChI is InChI=1S/C14H20N4O3/c1-9-4-2-3-5-10(9)7-17-14(19)11-6-13(15)16-8-12(11)18(20)21/h6,8-10H,2-5,7H2,1H3,(H2,15,16)(H,17,19). The molecule has 0 spiro atoms. The van der Waals surface area contributed by atoms with Gasteiger partial charge in [0.25, 0.3) is 11.6 Å². The lowest BCUT2D eigenvalue weighted by Gasteiger charge is -2.28. The molecule has 7 nitrogen and oxygen atoms in total. The number of nitrogen functional groups attached to an aromatic ring is 1. The predicted molar refractivity (Wildman–Crippen MR) is 78.8 cm³/mol. The zero-order valence-corrected chi connectivity index (χ0v) is 12.0. The molecule has 0 saturated heterocycles. The zero-order chi connectivity index (χ0) is 15.4. The molecular formula is C14H20N4O3. The minimum absolute atomic E-state index is 0.0315. The van der Waals surface area contributed by atoms with Crippen LogP contribution < -0.4 is 11.1 Å². The predicted octanol–water partition coefficient (Wildman–Crippen LogP) is 2.13. The van der Waals surface area contributed by atoms with Crippen LogP contribution in [0, 0.1) is 22.0 Å². The number of nitrogens with zero attached hydrogens (tertiary/aromatic N) is 2. The monoisotopic (exact) mass is 292 g/mol. The summed E-state index contributed by atoms with van der Waals surface area (Å²) in [5, 5.41) is 13.7. The topological polar surface area (TPSA) is 111 Å². The molecule has 2 unspecified atom stereocenters. The van der Waals surface area contributed by atoms with Crippen LogP contribution in [-0.2, 0) is 0 Å². The fourth-order valence-electron chi connectivity index (χ4n) is 2.81. The average Bonchev–Trinajstić information content (AvgIpc) is 2.45. The molecule has 1 aliphatic carbocycles. The summed E-state index contributed by atoms with van der Waals surface area (Å²) >= 11 is 0. The summed E-state index contributed by atoms with van der Waals surface area (Å²) in [6, 6.07) is 1.25. The van der Waals surface area contributed by atoms with E-state index in [2.05, 4.69) is 17.2 Å². The maximum atomic E-state index is 12.2. The van der Waals surface area contributed by atoms with Gasteiger partial charge >= 0.3 is 0 Å². The summed E-state index contributed by atoms with van der Waals surface area (Å²) < 4.78 is 0.